The molecule has 2 fully saturated rings. The van der Waals surface area contributed by atoms with E-state index in [-0.39, 0.29) is 22.8 Å². The molecule has 1 aromatic rings. The molecule has 2 N–H and O–H groups in total. The van der Waals surface area contributed by atoms with Crippen LogP contribution < -0.4 is 14.9 Å². The molecule has 0 radical (unpaired) electrons. The van der Waals surface area contributed by atoms with Gasteiger partial charge >= 0.3 is 0 Å². The molecule has 7 heteroatoms. The SMILES string of the molecule is CC[C@@H](C)NS(=O)(=O)c1cc(NC(=O)C2CC2)ccc1N1CCCC[C@H]1C. The number of amides is 1. The molecule has 0 spiro atoms. The number of anilines is 2. The molecular formula is C20H31N3O3S. The molecule has 1 aliphatic heterocycles. The summed E-state index contributed by atoms with van der Waals surface area (Å²) in [5.74, 6) is 0.0532. The summed E-state index contributed by atoms with van der Waals surface area (Å²) < 4.78 is 29.0. The maximum atomic E-state index is 13.1. The van der Waals surface area contributed by atoms with Gasteiger partial charge in [0.15, 0.2) is 0 Å². The normalized spacial score (nSPS) is 21.7. The lowest BCUT2D eigenvalue weighted by atomic mass is 10.0. The van der Waals surface area contributed by atoms with Gasteiger partial charge in [0.05, 0.1) is 5.69 Å². The van der Waals surface area contributed by atoms with Crippen LogP contribution in [0.25, 0.3) is 0 Å². The molecule has 150 valence electrons. The zero-order valence-electron chi connectivity index (χ0n) is 16.5. The van der Waals surface area contributed by atoms with Crippen molar-refractivity contribution in [3.05, 3.63) is 18.2 Å². The van der Waals surface area contributed by atoms with E-state index in [4.69, 9.17) is 0 Å². The summed E-state index contributed by atoms with van der Waals surface area (Å²) >= 11 is 0. The van der Waals surface area contributed by atoms with E-state index in [2.05, 4.69) is 21.9 Å². The molecule has 27 heavy (non-hydrogen) atoms. The smallest absolute Gasteiger partial charge is 0.242 e. The molecular weight excluding hydrogens is 362 g/mol. The Bertz CT molecular complexity index is 790. The number of rotatable bonds is 7. The highest BCUT2D eigenvalue weighted by atomic mass is 32.2. The van der Waals surface area contributed by atoms with Gasteiger partial charge in [-0.3, -0.25) is 4.79 Å². The fourth-order valence-corrected chi connectivity index (χ4v) is 5.07. The van der Waals surface area contributed by atoms with Crippen LogP contribution in [0.5, 0.6) is 0 Å². The second-order valence-corrected chi connectivity index (χ2v) is 9.60. The lowest BCUT2D eigenvalue weighted by Crippen LogP contribution is -2.39. The van der Waals surface area contributed by atoms with Crippen LogP contribution in [0.4, 0.5) is 11.4 Å². The summed E-state index contributed by atoms with van der Waals surface area (Å²) in [5.41, 5.74) is 1.27. The van der Waals surface area contributed by atoms with Crippen LogP contribution >= 0.6 is 0 Å². The van der Waals surface area contributed by atoms with E-state index in [1.165, 1.54) is 6.42 Å². The highest BCUT2D eigenvalue weighted by Crippen LogP contribution is 2.34. The molecule has 0 unspecified atom stereocenters. The number of nitrogens with zero attached hydrogens (tertiary/aromatic N) is 1. The van der Waals surface area contributed by atoms with Crippen molar-refractivity contribution in [3.63, 3.8) is 0 Å². The number of benzene rings is 1. The molecule has 6 nitrogen and oxygen atoms in total. The lowest BCUT2D eigenvalue weighted by molar-refractivity contribution is -0.117. The number of hydrogen-bond donors (Lipinski definition) is 2. The van der Waals surface area contributed by atoms with Crippen LogP contribution in [-0.4, -0.2) is 33.0 Å². The number of piperidine rings is 1. The van der Waals surface area contributed by atoms with Crippen LogP contribution in [0, 0.1) is 5.92 Å². The van der Waals surface area contributed by atoms with Crippen molar-refractivity contribution in [1.29, 1.82) is 0 Å². The first-order valence-electron chi connectivity index (χ1n) is 10.1. The zero-order valence-corrected chi connectivity index (χ0v) is 17.3. The van der Waals surface area contributed by atoms with E-state index in [1.807, 2.05) is 26.0 Å². The standard InChI is InChI=1S/C20H31N3O3S/c1-4-14(2)22-27(25,26)19-13-17(21-20(24)16-8-9-16)10-11-18(19)23-12-6-5-7-15(23)3/h10-11,13-16,22H,4-9,12H2,1-3H3,(H,21,24)/t14-,15-/m1/s1. The van der Waals surface area contributed by atoms with E-state index in [0.717, 1.165) is 37.9 Å². The molecule has 1 saturated carbocycles. The third-order valence-electron chi connectivity index (χ3n) is 5.55. The topological polar surface area (TPSA) is 78.5 Å². The molecule has 1 amide bonds. The maximum absolute atomic E-state index is 13.1. The summed E-state index contributed by atoms with van der Waals surface area (Å²) in [6.07, 6.45) is 5.82. The van der Waals surface area contributed by atoms with Gasteiger partial charge < -0.3 is 10.2 Å². The molecule has 0 aromatic heterocycles. The minimum Gasteiger partial charge on any atom is -0.368 e. The van der Waals surface area contributed by atoms with Gasteiger partial charge in [0.1, 0.15) is 4.90 Å². The van der Waals surface area contributed by atoms with Crippen LogP contribution in [0.1, 0.15) is 59.3 Å². The van der Waals surface area contributed by atoms with Gasteiger partial charge in [-0.25, -0.2) is 13.1 Å². The first kappa shape index (κ1) is 20.1. The van der Waals surface area contributed by atoms with Crippen molar-refractivity contribution < 1.29 is 13.2 Å². The minimum atomic E-state index is -3.68. The molecule has 2 aliphatic rings. The van der Waals surface area contributed by atoms with Crippen LogP contribution in [0.2, 0.25) is 0 Å². The zero-order chi connectivity index (χ0) is 19.6. The fraction of sp³-hybridized carbons (Fsp3) is 0.650. The van der Waals surface area contributed by atoms with Crippen molar-refractivity contribution in [2.75, 3.05) is 16.8 Å². The van der Waals surface area contributed by atoms with E-state index >= 15 is 0 Å². The van der Waals surface area contributed by atoms with Crippen LogP contribution in [-0.2, 0) is 14.8 Å². The van der Waals surface area contributed by atoms with Crippen molar-refractivity contribution in [2.24, 2.45) is 5.92 Å². The quantitative estimate of drug-likeness (QED) is 0.743. The largest absolute Gasteiger partial charge is 0.368 e. The number of carbonyl (C=O) groups excluding carboxylic acids is 1. The van der Waals surface area contributed by atoms with Gasteiger partial charge in [-0.05, 0) is 70.6 Å². The molecule has 1 aromatic carbocycles. The monoisotopic (exact) mass is 393 g/mol. The minimum absolute atomic E-state index is 0.0210. The first-order valence-corrected chi connectivity index (χ1v) is 11.5. The fourth-order valence-electron chi connectivity index (χ4n) is 3.50. The number of hydrogen-bond acceptors (Lipinski definition) is 4. The Kier molecular flexibility index (Phi) is 6.11. The first-order chi connectivity index (χ1) is 12.8. The molecule has 2 atom stereocenters. The third kappa shape index (κ3) is 4.82. The Balaban J connectivity index is 1.97. The van der Waals surface area contributed by atoms with Gasteiger partial charge in [0.25, 0.3) is 0 Å². The Morgan fingerprint density at radius 2 is 2.00 bits per heavy atom. The predicted molar refractivity (Wildman–Crippen MR) is 109 cm³/mol. The van der Waals surface area contributed by atoms with E-state index in [0.29, 0.717) is 18.2 Å². The van der Waals surface area contributed by atoms with Gasteiger partial charge in [-0.2, -0.15) is 0 Å². The summed E-state index contributed by atoms with van der Waals surface area (Å²) in [4.78, 5) is 14.5. The van der Waals surface area contributed by atoms with Gasteiger partial charge in [0, 0.05) is 30.2 Å². The number of sulfonamides is 1. The summed E-state index contributed by atoms with van der Waals surface area (Å²) in [7, 11) is -3.68. The molecule has 3 rings (SSSR count). The highest BCUT2D eigenvalue weighted by molar-refractivity contribution is 7.89. The van der Waals surface area contributed by atoms with Gasteiger partial charge in [0.2, 0.25) is 15.9 Å². The van der Waals surface area contributed by atoms with E-state index in [1.54, 1.807) is 6.07 Å². The average Bonchev–Trinajstić information content (AvgIpc) is 3.47. The molecule has 1 heterocycles. The summed E-state index contributed by atoms with van der Waals surface area (Å²) in [6, 6.07) is 5.42. The molecule has 0 bridgehead atoms. The number of carbonyl (C=O) groups is 1. The van der Waals surface area contributed by atoms with Gasteiger partial charge in [-0.1, -0.05) is 6.92 Å². The average molecular weight is 394 g/mol. The summed E-state index contributed by atoms with van der Waals surface area (Å²) in [6.45, 7) is 6.80. The number of nitrogens with one attached hydrogen (secondary N) is 2. The molecule has 1 aliphatic carbocycles. The van der Waals surface area contributed by atoms with Crippen molar-refractivity contribution in [3.8, 4) is 0 Å². The Morgan fingerprint density at radius 3 is 2.63 bits per heavy atom. The Hall–Kier alpha value is -1.60. The van der Waals surface area contributed by atoms with Crippen molar-refractivity contribution in [2.45, 2.75) is 76.3 Å². The highest BCUT2D eigenvalue weighted by Gasteiger charge is 2.31. The van der Waals surface area contributed by atoms with Crippen LogP contribution in [0.15, 0.2) is 23.1 Å². The molecule has 1 saturated heterocycles. The Labute approximate surface area is 162 Å². The maximum Gasteiger partial charge on any atom is 0.242 e. The van der Waals surface area contributed by atoms with E-state index < -0.39 is 10.0 Å². The summed E-state index contributed by atoms with van der Waals surface area (Å²) in [5, 5.41) is 2.88. The lowest BCUT2D eigenvalue weighted by Gasteiger charge is -2.36. The third-order valence-corrected chi connectivity index (χ3v) is 7.16. The van der Waals surface area contributed by atoms with E-state index in [9.17, 15) is 13.2 Å². The van der Waals surface area contributed by atoms with Crippen molar-refractivity contribution >= 4 is 27.3 Å². The van der Waals surface area contributed by atoms with Crippen molar-refractivity contribution in [1.82, 2.24) is 4.72 Å². The predicted octanol–water partition coefficient (Wildman–Crippen LogP) is 3.49. The Morgan fingerprint density at radius 1 is 1.26 bits per heavy atom. The van der Waals surface area contributed by atoms with Crippen LogP contribution in [0.3, 0.4) is 0 Å². The second-order valence-electron chi connectivity index (χ2n) is 7.91. The second kappa shape index (κ2) is 8.19. The van der Waals surface area contributed by atoms with Gasteiger partial charge in [-0.15, -0.1) is 0 Å².